The van der Waals surface area contributed by atoms with E-state index in [1.807, 2.05) is 0 Å². The number of ether oxygens (including phenoxy) is 1. The van der Waals surface area contributed by atoms with E-state index in [2.05, 4.69) is 35.9 Å². The van der Waals surface area contributed by atoms with Gasteiger partial charge >= 0.3 is 0 Å². The van der Waals surface area contributed by atoms with Gasteiger partial charge in [-0.05, 0) is 15.9 Å². The Bertz CT molecular complexity index is 362. The van der Waals surface area contributed by atoms with Crippen LogP contribution in [0.2, 0.25) is 0 Å². The summed E-state index contributed by atoms with van der Waals surface area (Å²) >= 11 is 4.95. The molecule has 0 saturated carbocycles. The van der Waals surface area contributed by atoms with E-state index in [-0.39, 0.29) is 0 Å². The highest BCUT2D eigenvalue weighted by Gasteiger charge is 2.29. The summed E-state index contributed by atoms with van der Waals surface area (Å²) in [4.78, 5) is 4.81. The highest BCUT2D eigenvalue weighted by atomic mass is 79.9. The molecule has 3 rings (SSSR count). The Morgan fingerprint density at radius 2 is 1.94 bits per heavy atom. The molecule has 88 valence electrons. The van der Waals surface area contributed by atoms with Crippen LogP contribution in [0.5, 0.6) is 0 Å². The van der Waals surface area contributed by atoms with Crippen LogP contribution < -0.4 is 4.90 Å². The third kappa shape index (κ3) is 2.09. The maximum absolute atomic E-state index is 5.22. The van der Waals surface area contributed by atoms with E-state index in [0.29, 0.717) is 6.04 Å². The summed E-state index contributed by atoms with van der Waals surface area (Å²) in [5.74, 6) is 0. The average molecular weight is 305 g/mol. The number of nitrogens with zero attached hydrogens (tertiary/aromatic N) is 4. The zero-order valence-corrected chi connectivity index (χ0v) is 11.2. The number of aromatic nitrogens is 2. The summed E-state index contributed by atoms with van der Waals surface area (Å²) in [5, 5.41) is 9.16. The van der Waals surface area contributed by atoms with Crippen molar-refractivity contribution >= 4 is 32.4 Å². The Labute approximate surface area is 107 Å². The third-order valence-electron chi connectivity index (χ3n) is 3.11. The lowest BCUT2D eigenvalue weighted by molar-refractivity contribution is -0.0660. The van der Waals surface area contributed by atoms with E-state index in [1.54, 1.807) is 11.3 Å². The molecule has 7 heteroatoms. The monoisotopic (exact) mass is 304 g/mol. The van der Waals surface area contributed by atoms with Crippen LogP contribution in [0.3, 0.4) is 0 Å². The number of piperazine rings is 1. The van der Waals surface area contributed by atoms with Crippen molar-refractivity contribution in [1.82, 2.24) is 15.1 Å². The number of halogens is 1. The first-order valence-electron chi connectivity index (χ1n) is 5.39. The van der Waals surface area contributed by atoms with Gasteiger partial charge in [0, 0.05) is 26.2 Å². The Balaban J connectivity index is 1.57. The van der Waals surface area contributed by atoms with Gasteiger partial charge in [-0.25, -0.2) is 0 Å². The third-order valence-corrected chi connectivity index (χ3v) is 4.53. The molecule has 2 aliphatic rings. The minimum Gasteiger partial charge on any atom is -0.378 e. The largest absolute Gasteiger partial charge is 0.378 e. The Kier molecular flexibility index (Phi) is 3.10. The fourth-order valence-corrected chi connectivity index (χ4v) is 3.18. The van der Waals surface area contributed by atoms with Crippen LogP contribution in [0.25, 0.3) is 0 Å². The molecule has 0 amide bonds. The van der Waals surface area contributed by atoms with Crippen LogP contribution in [-0.2, 0) is 4.74 Å². The van der Waals surface area contributed by atoms with Crippen molar-refractivity contribution in [2.45, 2.75) is 6.04 Å². The molecule has 1 aromatic rings. The molecule has 2 saturated heterocycles. The molecule has 3 heterocycles. The van der Waals surface area contributed by atoms with Crippen molar-refractivity contribution in [1.29, 1.82) is 0 Å². The molecule has 0 N–H and O–H groups in total. The first kappa shape index (κ1) is 10.9. The number of hydrogen-bond acceptors (Lipinski definition) is 6. The molecule has 1 aromatic heterocycles. The predicted molar refractivity (Wildman–Crippen MR) is 66.0 cm³/mol. The number of rotatable bonds is 2. The standard InChI is InChI=1S/C9H13BrN4OS/c10-8-11-12-9(16-8)14-3-1-13(2-4-14)7-5-15-6-7/h7H,1-6H2. The van der Waals surface area contributed by atoms with Crippen LogP contribution in [0.1, 0.15) is 0 Å². The zero-order chi connectivity index (χ0) is 11.0. The highest BCUT2D eigenvalue weighted by molar-refractivity contribution is 9.11. The van der Waals surface area contributed by atoms with Crippen LogP contribution in [0.15, 0.2) is 3.92 Å². The maximum atomic E-state index is 5.22. The van der Waals surface area contributed by atoms with Crippen LogP contribution >= 0.6 is 27.3 Å². The second-order valence-electron chi connectivity index (χ2n) is 4.05. The second-order valence-corrected chi connectivity index (χ2v) is 6.28. The normalized spacial score (nSPS) is 23.4. The fourth-order valence-electron chi connectivity index (χ4n) is 2.04. The van der Waals surface area contributed by atoms with Crippen molar-refractivity contribution in [2.75, 3.05) is 44.3 Å². The van der Waals surface area contributed by atoms with E-state index in [4.69, 9.17) is 4.74 Å². The van der Waals surface area contributed by atoms with Crippen molar-refractivity contribution in [2.24, 2.45) is 0 Å². The fraction of sp³-hybridized carbons (Fsp3) is 0.778. The average Bonchev–Trinajstić information content (AvgIpc) is 2.63. The minimum absolute atomic E-state index is 0.656. The molecule has 0 aromatic carbocycles. The molecule has 0 bridgehead atoms. The van der Waals surface area contributed by atoms with Gasteiger partial charge in [-0.2, -0.15) is 0 Å². The van der Waals surface area contributed by atoms with Crippen molar-refractivity contribution in [3.63, 3.8) is 0 Å². The van der Waals surface area contributed by atoms with Crippen LogP contribution in [0.4, 0.5) is 5.13 Å². The van der Waals surface area contributed by atoms with E-state index < -0.39 is 0 Å². The maximum Gasteiger partial charge on any atom is 0.209 e. The van der Waals surface area contributed by atoms with Gasteiger partial charge < -0.3 is 9.64 Å². The molecule has 16 heavy (non-hydrogen) atoms. The molecule has 0 atom stereocenters. The van der Waals surface area contributed by atoms with Gasteiger partial charge in [0.25, 0.3) is 0 Å². The zero-order valence-electron chi connectivity index (χ0n) is 8.80. The first-order valence-corrected chi connectivity index (χ1v) is 6.99. The smallest absolute Gasteiger partial charge is 0.209 e. The summed E-state index contributed by atoms with van der Waals surface area (Å²) < 4.78 is 6.08. The Morgan fingerprint density at radius 3 is 2.44 bits per heavy atom. The van der Waals surface area contributed by atoms with Crippen LogP contribution in [0, 0.1) is 0 Å². The van der Waals surface area contributed by atoms with E-state index in [0.717, 1.165) is 48.4 Å². The van der Waals surface area contributed by atoms with E-state index in [1.165, 1.54) is 0 Å². The summed E-state index contributed by atoms with van der Waals surface area (Å²) in [6.45, 7) is 6.10. The number of hydrogen-bond donors (Lipinski definition) is 0. The van der Waals surface area contributed by atoms with Gasteiger partial charge in [-0.3, -0.25) is 4.90 Å². The lowest BCUT2D eigenvalue weighted by Crippen LogP contribution is -2.56. The molecular weight excluding hydrogens is 292 g/mol. The molecule has 0 radical (unpaired) electrons. The van der Waals surface area contributed by atoms with Crippen molar-refractivity contribution in [3.8, 4) is 0 Å². The second kappa shape index (κ2) is 4.56. The topological polar surface area (TPSA) is 41.5 Å². The van der Waals surface area contributed by atoms with Gasteiger partial charge in [-0.15, -0.1) is 10.2 Å². The molecule has 2 fully saturated rings. The van der Waals surface area contributed by atoms with Crippen molar-refractivity contribution in [3.05, 3.63) is 3.92 Å². The van der Waals surface area contributed by atoms with Gasteiger partial charge in [0.1, 0.15) is 0 Å². The van der Waals surface area contributed by atoms with Crippen molar-refractivity contribution < 1.29 is 4.74 Å². The van der Waals surface area contributed by atoms with Gasteiger partial charge in [-0.1, -0.05) is 11.3 Å². The van der Waals surface area contributed by atoms with Gasteiger partial charge in [0.2, 0.25) is 5.13 Å². The summed E-state index contributed by atoms with van der Waals surface area (Å²) in [6.07, 6.45) is 0. The summed E-state index contributed by atoms with van der Waals surface area (Å²) in [6, 6.07) is 0.656. The molecule has 0 unspecified atom stereocenters. The Hall–Kier alpha value is -0.240. The number of anilines is 1. The molecular formula is C9H13BrN4OS. The summed E-state index contributed by atoms with van der Waals surface area (Å²) in [5.41, 5.74) is 0. The predicted octanol–water partition coefficient (Wildman–Crippen LogP) is 0.821. The SMILES string of the molecule is Brc1nnc(N2CCN(C3COC3)CC2)s1. The lowest BCUT2D eigenvalue weighted by Gasteiger charge is -2.42. The first-order chi connectivity index (χ1) is 7.83. The Morgan fingerprint density at radius 1 is 1.19 bits per heavy atom. The molecule has 2 aliphatic heterocycles. The quantitative estimate of drug-likeness (QED) is 0.809. The molecule has 5 nitrogen and oxygen atoms in total. The van der Waals surface area contributed by atoms with E-state index in [9.17, 15) is 0 Å². The van der Waals surface area contributed by atoms with E-state index >= 15 is 0 Å². The van der Waals surface area contributed by atoms with Gasteiger partial charge in [0.05, 0.1) is 19.3 Å². The lowest BCUT2D eigenvalue weighted by atomic mass is 10.2. The molecule has 0 aliphatic carbocycles. The summed E-state index contributed by atoms with van der Waals surface area (Å²) in [7, 11) is 0. The van der Waals surface area contributed by atoms with Crippen LogP contribution in [-0.4, -0.2) is 60.5 Å². The van der Waals surface area contributed by atoms with Gasteiger partial charge in [0.15, 0.2) is 3.92 Å². The minimum atomic E-state index is 0.656. The highest BCUT2D eigenvalue weighted by Crippen LogP contribution is 2.25. The molecule has 0 spiro atoms.